The summed E-state index contributed by atoms with van der Waals surface area (Å²) in [5.74, 6) is 3.96. The van der Waals surface area contributed by atoms with E-state index in [1.54, 1.807) is 12.1 Å². The summed E-state index contributed by atoms with van der Waals surface area (Å²) in [4.78, 5) is 0. The lowest BCUT2D eigenvalue weighted by molar-refractivity contribution is 0.209. The van der Waals surface area contributed by atoms with Crippen molar-refractivity contribution in [3.05, 3.63) is 35.6 Å². The Bertz CT molecular complexity index is 469. The molecular weight excluding hydrogens is 249 g/mol. The van der Waals surface area contributed by atoms with E-state index in [4.69, 9.17) is 0 Å². The fourth-order valence-corrected chi connectivity index (χ4v) is 5.36. The summed E-state index contributed by atoms with van der Waals surface area (Å²) in [6.07, 6.45) is 8.39. The van der Waals surface area contributed by atoms with E-state index in [1.807, 2.05) is 12.1 Å². The zero-order valence-electron chi connectivity index (χ0n) is 12.0. The third-order valence-electron chi connectivity index (χ3n) is 6.16. The van der Waals surface area contributed by atoms with Crippen molar-refractivity contribution in [1.29, 1.82) is 0 Å². The van der Waals surface area contributed by atoms with Gasteiger partial charge in [-0.15, -0.1) is 0 Å². The predicted molar refractivity (Wildman–Crippen MR) is 78.9 cm³/mol. The van der Waals surface area contributed by atoms with E-state index in [-0.39, 0.29) is 5.82 Å². The molecule has 108 valence electrons. The van der Waals surface area contributed by atoms with Crippen molar-refractivity contribution in [2.45, 2.75) is 44.6 Å². The predicted octanol–water partition coefficient (Wildman–Crippen LogP) is 3.78. The molecule has 3 aliphatic carbocycles. The minimum Gasteiger partial charge on any atom is -0.313 e. The Morgan fingerprint density at radius 2 is 1.80 bits per heavy atom. The van der Waals surface area contributed by atoms with Crippen molar-refractivity contribution < 1.29 is 4.39 Å². The van der Waals surface area contributed by atoms with E-state index in [0.29, 0.717) is 0 Å². The normalized spacial score (nSPS) is 38.4. The number of rotatable bonds is 4. The molecule has 2 bridgehead atoms. The van der Waals surface area contributed by atoms with Crippen LogP contribution in [-0.2, 0) is 6.42 Å². The lowest BCUT2D eigenvalue weighted by Crippen LogP contribution is -2.40. The molecule has 5 unspecified atom stereocenters. The van der Waals surface area contributed by atoms with E-state index in [1.165, 1.54) is 37.7 Å². The second-order valence-electron chi connectivity index (χ2n) is 7.09. The summed E-state index contributed by atoms with van der Waals surface area (Å²) >= 11 is 0. The van der Waals surface area contributed by atoms with Gasteiger partial charge in [-0.05, 0) is 80.0 Å². The molecule has 0 aromatic heterocycles. The highest BCUT2D eigenvalue weighted by Crippen LogP contribution is 2.58. The molecule has 0 amide bonds. The molecule has 0 spiro atoms. The number of hydrogen-bond donors (Lipinski definition) is 1. The second-order valence-corrected chi connectivity index (χ2v) is 7.09. The van der Waals surface area contributed by atoms with E-state index >= 15 is 0 Å². The van der Waals surface area contributed by atoms with Gasteiger partial charge in [0.1, 0.15) is 5.82 Å². The highest BCUT2D eigenvalue weighted by Gasteiger charge is 2.53. The average Bonchev–Trinajstić information content (AvgIpc) is 3.12. The van der Waals surface area contributed by atoms with Gasteiger partial charge >= 0.3 is 0 Å². The van der Waals surface area contributed by atoms with Gasteiger partial charge in [-0.1, -0.05) is 18.6 Å². The SMILES string of the molecule is Fc1ccc(CCNC2CC3CC2C2CCCC32)cc1. The summed E-state index contributed by atoms with van der Waals surface area (Å²) in [6.45, 7) is 1.04. The molecule has 2 heteroatoms. The van der Waals surface area contributed by atoms with Gasteiger partial charge in [0.05, 0.1) is 0 Å². The molecule has 0 heterocycles. The Morgan fingerprint density at radius 1 is 1.00 bits per heavy atom. The van der Waals surface area contributed by atoms with Crippen LogP contribution in [0.15, 0.2) is 24.3 Å². The number of halogens is 1. The van der Waals surface area contributed by atoms with Crippen molar-refractivity contribution in [1.82, 2.24) is 5.32 Å². The minimum absolute atomic E-state index is 0.137. The van der Waals surface area contributed by atoms with Crippen molar-refractivity contribution in [3.63, 3.8) is 0 Å². The van der Waals surface area contributed by atoms with Crippen molar-refractivity contribution >= 4 is 0 Å². The summed E-state index contributed by atoms with van der Waals surface area (Å²) in [7, 11) is 0. The second kappa shape index (κ2) is 5.14. The number of fused-ring (bicyclic) bond motifs is 5. The zero-order chi connectivity index (χ0) is 13.5. The van der Waals surface area contributed by atoms with Crippen LogP contribution in [0.1, 0.15) is 37.7 Å². The summed E-state index contributed by atoms with van der Waals surface area (Å²) in [5.41, 5.74) is 1.24. The number of benzene rings is 1. The van der Waals surface area contributed by atoms with Gasteiger partial charge in [-0.3, -0.25) is 0 Å². The largest absolute Gasteiger partial charge is 0.313 e. The van der Waals surface area contributed by atoms with Crippen LogP contribution in [0.3, 0.4) is 0 Å². The lowest BCUT2D eigenvalue weighted by atomic mass is 9.79. The van der Waals surface area contributed by atoms with Gasteiger partial charge in [0.2, 0.25) is 0 Å². The van der Waals surface area contributed by atoms with Crippen LogP contribution in [0.25, 0.3) is 0 Å². The summed E-state index contributed by atoms with van der Waals surface area (Å²) in [6, 6.07) is 7.71. The van der Waals surface area contributed by atoms with Crippen LogP contribution >= 0.6 is 0 Å². The zero-order valence-corrected chi connectivity index (χ0v) is 12.0. The topological polar surface area (TPSA) is 12.0 Å². The fraction of sp³-hybridized carbons (Fsp3) is 0.667. The Kier molecular flexibility index (Phi) is 3.30. The van der Waals surface area contributed by atoms with Crippen molar-refractivity contribution in [3.8, 4) is 0 Å². The van der Waals surface area contributed by atoms with E-state index in [2.05, 4.69) is 5.32 Å². The first-order chi connectivity index (χ1) is 9.81. The van der Waals surface area contributed by atoms with Crippen molar-refractivity contribution in [2.75, 3.05) is 6.54 Å². The Morgan fingerprint density at radius 3 is 2.65 bits per heavy atom. The highest BCUT2D eigenvalue weighted by molar-refractivity contribution is 5.16. The molecule has 1 nitrogen and oxygen atoms in total. The van der Waals surface area contributed by atoms with E-state index in [0.717, 1.165) is 42.7 Å². The van der Waals surface area contributed by atoms with Gasteiger partial charge in [0.25, 0.3) is 0 Å². The van der Waals surface area contributed by atoms with Crippen LogP contribution in [0.5, 0.6) is 0 Å². The quantitative estimate of drug-likeness (QED) is 0.880. The first-order valence-electron chi connectivity index (χ1n) is 8.29. The highest BCUT2D eigenvalue weighted by atomic mass is 19.1. The van der Waals surface area contributed by atoms with Crippen molar-refractivity contribution in [2.24, 2.45) is 23.7 Å². The summed E-state index contributed by atoms with van der Waals surface area (Å²) < 4.78 is 12.9. The fourth-order valence-electron chi connectivity index (χ4n) is 5.36. The maximum absolute atomic E-state index is 12.9. The van der Waals surface area contributed by atoms with Gasteiger partial charge < -0.3 is 5.32 Å². The smallest absolute Gasteiger partial charge is 0.123 e. The molecule has 3 aliphatic rings. The summed E-state index contributed by atoms with van der Waals surface area (Å²) in [5, 5.41) is 3.80. The molecule has 3 fully saturated rings. The monoisotopic (exact) mass is 273 g/mol. The lowest BCUT2D eigenvalue weighted by Gasteiger charge is -2.32. The molecule has 0 radical (unpaired) electrons. The Balaban J connectivity index is 1.30. The molecule has 5 atom stereocenters. The molecule has 1 aromatic rings. The average molecular weight is 273 g/mol. The minimum atomic E-state index is -0.137. The molecule has 3 saturated carbocycles. The van der Waals surface area contributed by atoms with Crippen LogP contribution < -0.4 is 5.32 Å². The molecule has 1 aromatic carbocycles. The maximum Gasteiger partial charge on any atom is 0.123 e. The Hall–Kier alpha value is -0.890. The van der Waals surface area contributed by atoms with Gasteiger partial charge in [-0.25, -0.2) is 4.39 Å². The Labute approximate surface area is 121 Å². The van der Waals surface area contributed by atoms with Crippen LogP contribution in [0, 0.1) is 29.5 Å². The molecule has 1 N–H and O–H groups in total. The van der Waals surface area contributed by atoms with Gasteiger partial charge in [0.15, 0.2) is 0 Å². The number of hydrogen-bond acceptors (Lipinski definition) is 1. The van der Waals surface area contributed by atoms with E-state index in [9.17, 15) is 4.39 Å². The van der Waals surface area contributed by atoms with Crippen LogP contribution in [0.4, 0.5) is 4.39 Å². The number of nitrogens with one attached hydrogen (secondary N) is 1. The van der Waals surface area contributed by atoms with Crippen LogP contribution in [0.2, 0.25) is 0 Å². The first kappa shape index (κ1) is 12.8. The van der Waals surface area contributed by atoms with Gasteiger partial charge in [-0.2, -0.15) is 0 Å². The van der Waals surface area contributed by atoms with E-state index < -0.39 is 0 Å². The van der Waals surface area contributed by atoms with Crippen LogP contribution in [-0.4, -0.2) is 12.6 Å². The molecule has 20 heavy (non-hydrogen) atoms. The third-order valence-corrected chi connectivity index (χ3v) is 6.16. The maximum atomic E-state index is 12.9. The molecule has 4 rings (SSSR count). The van der Waals surface area contributed by atoms with Gasteiger partial charge in [0, 0.05) is 6.04 Å². The first-order valence-corrected chi connectivity index (χ1v) is 8.29. The molecular formula is C18H24FN. The molecule has 0 saturated heterocycles. The third kappa shape index (κ3) is 2.18. The molecule has 0 aliphatic heterocycles. The standard InChI is InChI=1S/C18H24FN/c19-14-6-4-12(5-7-14)8-9-20-18-11-13-10-17(18)16-3-1-2-15(13)16/h4-7,13,15-18,20H,1-3,8-11H2.